The van der Waals surface area contributed by atoms with Crippen LogP contribution in [0.2, 0.25) is 0 Å². The van der Waals surface area contributed by atoms with Gasteiger partial charge in [-0.3, -0.25) is 0 Å². The molecule has 4 aromatic heterocycles. The van der Waals surface area contributed by atoms with Crippen LogP contribution < -0.4 is 0 Å². The summed E-state index contributed by atoms with van der Waals surface area (Å²) in [6, 6.07) is 54.4. The third kappa shape index (κ3) is 4.48. The summed E-state index contributed by atoms with van der Waals surface area (Å²) in [5.41, 5.74) is 7.34. The normalized spacial score (nSPS) is 11.8. The van der Waals surface area contributed by atoms with Crippen LogP contribution in [-0.4, -0.2) is 19.9 Å². The van der Waals surface area contributed by atoms with Gasteiger partial charge >= 0.3 is 0 Å². The summed E-state index contributed by atoms with van der Waals surface area (Å²) >= 11 is 1.81. The first-order valence-electron chi connectivity index (χ1n) is 17.2. The van der Waals surface area contributed by atoms with Crippen LogP contribution in [-0.2, 0) is 0 Å². The molecule has 52 heavy (non-hydrogen) atoms. The molecule has 0 atom stereocenters. The lowest BCUT2D eigenvalue weighted by Crippen LogP contribution is -2.00. The van der Waals surface area contributed by atoms with E-state index in [2.05, 4.69) is 91.0 Å². The van der Waals surface area contributed by atoms with Gasteiger partial charge in [-0.25, -0.2) is 19.9 Å². The maximum absolute atomic E-state index is 6.44. The van der Waals surface area contributed by atoms with Crippen molar-refractivity contribution in [2.24, 2.45) is 0 Å². The zero-order valence-electron chi connectivity index (χ0n) is 27.6. The first kappa shape index (κ1) is 29.0. The van der Waals surface area contributed by atoms with Crippen molar-refractivity contribution >= 4 is 75.1 Å². The molecule has 0 aliphatic heterocycles. The molecule has 11 aromatic rings. The molecule has 0 N–H and O–H groups in total. The first-order valence-corrected chi connectivity index (χ1v) is 18.0. The predicted octanol–water partition coefficient (Wildman–Crippen LogP) is 12.5. The van der Waals surface area contributed by atoms with E-state index in [4.69, 9.17) is 24.4 Å². The third-order valence-corrected chi connectivity index (χ3v) is 11.1. The van der Waals surface area contributed by atoms with Crippen molar-refractivity contribution in [1.29, 1.82) is 0 Å². The van der Waals surface area contributed by atoms with E-state index in [0.717, 1.165) is 66.2 Å². The van der Waals surface area contributed by atoms with Crippen LogP contribution in [0.1, 0.15) is 0 Å². The summed E-state index contributed by atoms with van der Waals surface area (Å²) in [5, 5.41) is 7.97. The average molecular weight is 683 g/mol. The number of rotatable bonds is 4. The van der Waals surface area contributed by atoms with E-state index in [0.29, 0.717) is 17.5 Å². The smallest absolute Gasteiger partial charge is 0.167 e. The molecule has 0 spiro atoms. The molecular weight excluding hydrogens is 657 g/mol. The molecule has 0 saturated carbocycles. The standard InChI is InChI=1S/C46H26N4OS/c1-3-12-27(13-4-1)42-33-23-25-39-41(40(33)32-17-7-9-20-36(32)47-42)35-26-29(22-24-38(35)52-39)45-48-44(28-14-5-2-6-15-28)49-46(50-45)34-19-11-18-31-30-16-8-10-21-37(30)51-43(31)34/h1-26H. The van der Waals surface area contributed by atoms with Crippen LogP contribution in [0.15, 0.2) is 162 Å². The molecule has 5 nitrogen and oxygen atoms in total. The maximum atomic E-state index is 6.44. The molecule has 0 saturated heterocycles. The monoisotopic (exact) mass is 682 g/mol. The van der Waals surface area contributed by atoms with Crippen molar-refractivity contribution in [3.63, 3.8) is 0 Å². The van der Waals surface area contributed by atoms with Gasteiger partial charge in [-0.05, 0) is 42.5 Å². The molecule has 6 heteroatoms. The average Bonchev–Trinajstić information content (AvgIpc) is 3.79. The lowest BCUT2D eigenvalue weighted by Gasteiger charge is -2.12. The van der Waals surface area contributed by atoms with Gasteiger partial charge in [0.25, 0.3) is 0 Å². The van der Waals surface area contributed by atoms with E-state index in [-0.39, 0.29) is 0 Å². The van der Waals surface area contributed by atoms with Gasteiger partial charge in [0.05, 0.1) is 16.8 Å². The van der Waals surface area contributed by atoms with E-state index in [9.17, 15) is 0 Å². The van der Waals surface area contributed by atoms with E-state index in [1.165, 1.54) is 25.6 Å². The van der Waals surface area contributed by atoms with Crippen molar-refractivity contribution in [1.82, 2.24) is 19.9 Å². The summed E-state index contributed by atoms with van der Waals surface area (Å²) in [7, 11) is 0. The van der Waals surface area contributed by atoms with Crippen LogP contribution in [0, 0.1) is 0 Å². The molecule has 0 bridgehead atoms. The Balaban J connectivity index is 1.18. The largest absolute Gasteiger partial charge is 0.455 e. The van der Waals surface area contributed by atoms with Gasteiger partial charge in [0, 0.05) is 63.8 Å². The fourth-order valence-electron chi connectivity index (χ4n) is 7.53. The van der Waals surface area contributed by atoms with Crippen molar-refractivity contribution < 1.29 is 4.42 Å². The number of benzene rings is 7. The number of furan rings is 1. The van der Waals surface area contributed by atoms with Gasteiger partial charge in [0.15, 0.2) is 17.5 Å². The van der Waals surface area contributed by atoms with E-state index >= 15 is 0 Å². The van der Waals surface area contributed by atoms with Crippen molar-refractivity contribution in [2.45, 2.75) is 0 Å². The summed E-state index contributed by atoms with van der Waals surface area (Å²) < 4.78 is 8.87. The molecular formula is C46H26N4OS. The molecule has 242 valence electrons. The first-order chi connectivity index (χ1) is 25.8. The van der Waals surface area contributed by atoms with Gasteiger partial charge in [-0.15, -0.1) is 11.3 Å². The molecule has 0 radical (unpaired) electrons. The summed E-state index contributed by atoms with van der Waals surface area (Å²) in [4.78, 5) is 20.5. The number of hydrogen-bond acceptors (Lipinski definition) is 6. The number of fused-ring (bicyclic) bond motifs is 10. The lowest BCUT2D eigenvalue weighted by molar-refractivity contribution is 0.669. The Bertz CT molecular complexity index is 3190. The number of thiophene rings is 1. The highest BCUT2D eigenvalue weighted by atomic mass is 32.1. The Morgan fingerprint density at radius 3 is 1.92 bits per heavy atom. The zero-order chi connectivity index (χ0) is 34.2. The van der Waals surface area contributed by atoms with Crippen LogP contribution in [0.4, 0.5) is 0 Å². The Kier molecular flexibility index (Phi) is 6.35. The second-order valence-corrected chi connectivity index (χ2v) is 14.1. The third-order valence-electron chi connectivity index (χ3n) is 9.91. The number of nitrogens with zero attached hydrogens (tertiary/aromatic N) is 4. The molecule has 0 unspecified atom stereocenters. The fraction of sp³-hybridized carbons (Fsp3) is 0. The topological polar surface area (TPSA) is 64.7 Å². The second kappa shape index (κ2) is 11.4. The maximum Gasteiger partial charge on any atom is 0.167 e. The van der Waals surface area contributed by atoms with E-state index in [1.54, 1.807) is 0 Å². The van der Waals surface area contributed by atoms with Gasteiger partial charge in [-0.2, -0.15) is 0 Å². The molecule has 0 fully saturated rings. The Hall–Kier alpha value is -6.76. The number of aromatic nitrogens is 4. The highest BCUT2D eigenvalue weighted by Gasteiger charge is 2.20. The fourth-order valence-corrected chi connectivity index (χ4v) is 8.62. The summed E-state index contributed by atoms with van der Waals surface area (Å²) in [6.07, 6.45) is 0. The highest BCUT2D eigenvalue weighted by Crippen LogP contribution is 2.44. The van der Waals surface area contributed by atoms with Gasteiger partial charge in [0.2, 0.25) is 0 Å². The molecule has 0 amide bonds. The number of para-hydroxylation sites is 3. The summed E-state index contributed by atoms with van der Waals surface area (Å²) in [6.45, 7) is 0. The highest BCUT2D eigenvalue weighted by molar-refractivity contribution is 7.26. The van der Waals surface area contributed by atoms with Gasteiger partial charge in [-0.1, -0.05) is 115 Å². The van der Waals surface area contributed by atoms with Crippen LogP contribution in [0.3, 0.4) is 0 Å². The van der Waals surface area contributed by atoms with Crippen molar-refractivity contribution in [2.75, 3.05) is 0 Å². The predicted molar refractivity (Wildman–Crippen MR) is 215 cm³/mol. The van der Waals surface area contributed by atoms with Crippen molar-refractivity contribution in [3.8, 4) is 45.4 Å². The Morgan fingerprint density at radius 1 is 0.404 bits per heavy atom. The molecule has 7 aromatic carbocycles. The quantitative estimate of drug-likeness (QED) is 0.173. The minimum Gasteiger partial charge on any atom is -0.455 e. The minimum absolute atomic E-state index is 0.568. The Labute approximate surface area is 301 Å². The second-order valence-electron chi connectivity index (χ2n) is 13.0. The molecule has 0 aliphatic rings. The number of hydrogen-bond donors (Lipinski definition) is 0. The van der Waals surface area contributed by atoms with Crippen LogP contribution in [0.5, 0.6) is 0 Å². The zero-order valence-corrected chi connectivity index (χ0v) is 28.4. The minimum atomic E-state index is 0.568. The molecule has 4 heterocycles. The van der Waals surface area contributed by atoms with Crippen LogP contribution in [0.25, 0.3) is 109 Å². The SMILES string of the molecule is c1ccc(-c2nc(-c3ccc4sc5ccc6c(-c7ccccc7)nc7ccccc7c6c5c4c3)nc(-c3cccc4c3oc3ccccc34)n2)cc1. The molecule has 0 aliphatic carbocycles. The summed E-state index contributed by atoms with van der Waals surface area (Å²) in [5.74, 6) is 1.78. The van der Waals surface area contributed by atoms with Crippen molar-refractivity contribution in [3.05, 3.63) is 158 Å². The van der Waals surface area contributed by atoms with Crippen LogP contribution >= 0.6 is 11.3 Å². The number of pyridine rings is 1. The van der Waals surface area contributed by atoms with Gasteiger partial charge < -0.3 is 4.42 Å². The molecule has 11 rings (SSSR count). The van der Waals surface area contributed by atoms with Gasteiger partial charge in [0.1, 0.15) is 11.2 Å². The van der Waals surface area contributed by atoms with E-state index in [1.807, 2.05) is 78.1 Å². The lowest BCUT2D eigenvalue weighted by atomic mass is 9.96. The van der Waals surface area contributed by atoms with E-state index < -0.39 is 0 Å². The Morgan fingerprint density at radius 2 is 1.08 bits per heavy atom.